The molecule has 0 unspecified atom stereocenters. The summed E-state index contributed by atoms with van der Waals surface area (Å²) < 4.78 is 10.4. The first kappa shape index (κ1) is 18.7. The minimum atomic E-state index is -0.959. The van der Waals surface area contributed by atoms with Crippen LogP contribution in [0.2, 0.25) is 5.02 Å². The third-order valence-corrected chi connectivity index (χ3v) is 4.19. The highest BCUT2D eigenvalue weighted by molar-refractivity contribution is 6.32. The Morgan fingerprint density at radius 2 is 1.70 bits per heavy atom. The van der Waals surface area contributed by atoms with Crippen molar-refractivity contribution < 1.29 is 19.1 Å². The van der Waals surface area contributed by atoms with Crippen LogP contribution in [0.1, 0.15) is 6.92 Å². The average molecular weight is 384 g/mol. The molecule has 3 aromatic carbocycles. The molecule has 3 aromatic rings. The number of carbonyl (C=O) groups is 2. The van der Waals surface area contributed by atoms with Gasteiger partial charge in [0.25, 0.3) is 5.91 Å². The summed E-state index contributed by atoms with van der Waals surface area (Å²) in [4.78, 5) is 24.2. The number of halogens is 1. The number of amides is 1. The number of nitrogens with one attached hydrogen (secondary N) is 1. The smallest absolute Gasteiger partial charge is 0.344 e. The maximum absolute atomic E-state index is 12.3. The molecule has 27 heavy (non-hydrogen) atoms. The number of hydrogen-bond donors (Lipinski definition) is 1. The third kappa shape index (κ3) is 4.99. The van der Waals surface area contributed by atoms with Gasteiger partial charge in [0.1, 0.15) is 5.75 Å². The van der Waals surface area contributed by atoms with Crippen LogP contribution in [0.3, 0.4) is 0 Å². The van der Waals surface area contributed by atoms with Gasteiger partial charge in [0.15, 0.2) is 12.7 Å². The molecule has 1 atom stereocenters. The van der Waals surface area contributed by atoms with Crippen molar-refractivity contribution in [3.05, 3.63) is 71.8 Å². The van der Waals surface area contributed by atoms with Crippen molar-refractivity contribution in [2.24, 2.45) is 0 Å². The summed E-state index contributed by atoms with van der Waals surface area (Å²) in [6.45, 7) is 1.17. The van der Waals surface area contributed by atoms with Crippen molar-refractivity contribution in [1.82, 2.24) is 0 Å². The van der Waals surface area contributed by atoms with Crippen LogP contribution in [0.15, 0.2) is 66.7 Å². The van der Waals surface area contributed by atoms with Crippen LogP contribution >= 0.6 is 11.6 Å². The van der Waals surface area contributed by atoms with Gasteiger partial charge in [0, 0.05) is 5.69 Å². The van der Waals surface area contributed by atoms with Crippen molar-refractivity contribution in [3.8, 4) is 5.75 Å². The fraction of sp³-hybridized carbons (Fsp3) is 0.143. The van der Waals surface area contributed by atoms with Crippen LogP contribution in [-0.4, -0.2) is 24.6 Å². The lowest BCUT2D eigenvalue weighted by Gasteiger charge is -2.14. The molecule has 6 heteroatoms. The predicted molar refractivity (Wildman–Crippen MR) is 105 cm³/mol. The predicted octanol–water partition coefficient (Wildman–Crippen LogP) is 4.44. The van der Waals surface area contributed by atoms with E-state index in [0.717, 1.165) is 10.8 Å². The summed E-state index contributed by atoms with van der Waals surface area (Å²) in [5.41, 5.74) is 0.633. The van der Waals surface area contributed by atoms with E-state index in [0.29, 0.717) is 16.5 Å². The molecule has 138 valence electrons. The molecule has 0 saturated carbocycles. The normalized spacial score (nSPS) is 11.6. The topological polar surface area (TPSA) is 64.6 Å². The van der Waals surface area contributed by atoms with Gasteiger partial charge in [-0.05, 0) is 42.0 Å². The molecule has 0 fully saturated rings. The minimum absolute atomic E-state index is 0.336. The molecule has 0 bridgehead atoms. The second-order valence-electron chi connectivity index (χ2n) is 5.90. The van der Waals surface area contributed by atoms with Crippen molar-refractivity contribution in [2.45, 2.75) is 13.0 Å². The SMILES string of the molecule is C[C@@H](OC(=O)COc1ccccc1Cl)C(=O)Nc1ccc2ccccc2c1. The maximum Gasteiger partial charge on any atom is 0.344 e. The molecule has 0 aliphatic heterocycles. The van der Waals surface area contributed by atoms with Gasteiger partial charge in [-0.15, -0.1) is 0 Å². The molecule has 1 amide bonds. The highest BCUT2D eigenvalue weighted by Crippen LogP contribution is 2.23. The van der Waals surface area contributed by atoms with Crippen LogP contribution in [-0.2, 0) is 14.3 Å². The fourth-order valence-corrected chi connectivity index (χ4v) is 2.68. The molecule has 0 aliphatic carbocycles. The maximum atomic E-state index is 12.3. The molecule has 0 aromatic heterocycles. The summed E-state index contributed by atoms with van der Waals surface area (Å²) in [5, 5.41) is 5.22. The number of carbonyl (C=O) groups excluding carboxylic acids is 2. The summed E-state index contributed by atoms with van der Waals surface area (Å²) in [5.74, 6) is -0.697. The quantitative estimate of drug-likeness (QED) is 0.639. The second-order valence-corrected chi connectivity index (χ2v) is 6.31. The van der Waals surface area contributed by atoms with Gasteiger partial charge in [-0.2, -0.15) is 0 Å². The van der Waals surface area contributed by atoms with Crippen LogP contribution in [0.25, 0.3) is 10.8 Å². The van der Waals surface area contributed by atoms with E-state index in [2.05, 4.69) is 5.32 Å². The van der Waals surface area contributed by atoms with E-state index >= 15 is 0 Å². The van der Waals surface area contributed by atoms with Gasteiger partial charge in [-0.3, -0.25) is 4.79 Å². The first-order valence-corrected chi connectivity index (χ1v) is 8.77. The van der Waals surface area contributed by atoms with Crippen molar-refractivity contribution >= 4 is 39.9 Å². The molecule has 5 nitrogen and oxygen atoms in total. The van der Waals surface area contributed by atoms with Crippen molar-refractivity contribution in [3.63, 3.8) is 0 Å². The van der Waals surface area contributed by atoms with E-state index in [1.807, 2.05) is 36.4 Å². The third-order valence-electron chi connectivity index (χ3n) is 3.88. The van der Waals surface area contributed by atoms with Gasteiger partial charge in [0.05, 0.1) is 5.02 Å². The minimum Gasteiger partial charge on any atom is -0.480 e. The molecule has 0 saturated heterocycles. The van der Waals surface area contributed by atoms with Gasteiger partial charge in [-0.25, -0.2) is 4.79 Å². The Morgan fingerprint density at radius 1 is 1.00 bits per heavy atom. The Hall–Kier alpha value is -3.05. The van der Waals surface area contributed by atoms with Crippen LogP contribution in [0.4, 0.5) is 5.69 Å². The Morgan fingerprint density at radius 3 is 2.48 bits per heavy atom. The summed E-state index contributed by atoms with van der Waals surface area (Å²) >= 11 is 5.95. The molecule has 0 heterocycles. The monoisotopic (exact) mass is 383 g/mol. The zero-order valence-electron chi connectivity index (χ0n) is 14.6. The van der Waals surface area contributed by atoms with Crippen molar-refractivity contribution in [1.29, 1.82) is 0 Å². The van der Waals surface area contributed by atoms with E-state index in [-0.39, 0.29) is 6.61 Å². The number of para-hydroxylation sites is 1. The first-order chi connectivity index (χ1) is 13.0. The summed E-state index contributed by atoms with van der Waals surface area (Å²) in [6.07, 6.45) is -0.959. The number of fused-ring (bicyclic) bond motifs is 1. The Labute approximate surface area is 161 Å². The Balaban J connectivity index is 1.53. The van der Waals surface area contributed by atoms with E-state index in [1.54, 1.807) is 30.3 Å². The van der Waals surface area contributed by atoms with Gasteiger partial charge >= 0.3 is 5.97 Å². The standard InChI is InChI=1S/C21H18ClNO4/c1-14(27-20(24)13-26-19-9-5-4-8-18(19)22)21(25)23-17-11-10-15-6-2-3-7-16(15)12-17/h2-12,14H,13H2,1H3,(H,23,25)/t14-/m1/s1. The zero-order valence-corrected chi connectivity index (χ0v) is 15.4. The van der Waals surface area contributed by atoms with Crippen LogP contribution < -0.4 is 10.1 Å². The van der Waals surface area contributed by atoms with Gasteiger partial charge in [0.2, 0.25) is 0 Å². The largest absolute Gasteiger partial charge is 0.480 e. The van der Waals surface area contributed by atoms with E-state index < -0.39 is 18.0 Å². The average Bonchev–Trinajstić information content (AvgIpc) is 2.67. The van der Waals surface area contributed by atoms with E-state index in [1.165, 1.54) is 6.92 Å². The van der Waals surface area contributed by atoms with Crippen LogP contribution in [0.5, 0.6) is 5.75 Å². The summed E-state index contributed by atoms with van der Waals surface area (Å²) in [6, 6.07) is 20.2. The second kappa shape index (κ2) is 8.56. The first-order valence-electron chi connectivity index (χ1n) is 8.39. The van der Waals surface area contributed by atoms with E-state index in [4.69, 9.17) is 21.1 Å². The molecule has 3 rings (SSSR count). The van der Waals surface area contributed by atoms with Gasteiger partial charge in [-0.1, -0.05) is 54.1 Å². The molecular weight excluding hydrogens is 366 g/mol. The lowest BCUT2D eigenvalue weighted by Crippen LogP contribution is -2.31. The summed E-state index contributed by atoms with van der Waals surface area (Å²) in [7, 11) is 0. The molecule has 0 radical (unpaired) electrons. The number of hydrogen-bond acceptors (Lipinski definition) is 4. The number of benzene rings is 3. The molecule has 0 spiro atoms. The number of rotatable bonds is 6. The lowest BCUT2D eigenvalue weighted by atomic mass is 10.1. The number of anilines is 1. The molecule has 1 N–H and O–H groups in total. The van der Waals surface area contributed by atoms with Crippen molar-refractivity contribution in [2.75, 3.05) is 11.9 Å². The molecular formula is C21H18ClNO4. The van der Waals surface area contributed by atoms with Gasteiger partial charge < -0.3 is 14.8 Å². The fourth-order valence-electron chi connectivity index (χ4n) is 2.49. The number of esters is 1. The van der Waals surface area contributed by atoms with E-state index in [9.17, 15) is 9.59 Å². The number of ether oxygens (including phenoxy) is 2. The highest BCUT2D eigenvalue weighted by atomic mass is 35.5. The zero-order chi connectivity index (χ0) is 19.2. The molecule has 0 aliphatic rings. The Bertz CT molecular complexity index is 973. The lowest BCUT2D eigenvalue weighted by molar-refractivity contribution is -0.155. The van der Waals surface area contributed by atoms with Crippen LogP contribution in [0, 0.1) is 0 Å². The highest BCUT2D eigenvalue weighted by Gasteiger charge is 2.18. The Kier molecular flexibility index (Phi) is 5.94.